The molecule has 0 bridgehead atoms. The average molecular weight is 553 g/mol. The van der Waals surface area contributed by atoms with Crippen molar-refractivity contribution in [1.29, 1.82) is 0 Å². The molecular weight excluding hydrogens is 525 g/mol. The Morgan fingerprint density at radius 3 is 2.41 bits per heavy atom. The minimum atomic E-state index is -1.67. The lowest BCUT2D eigenvalue weighted by molar-refractivity contribution is -0.130. The van der Waals surface area contributed by atoms with Gasteiger partial charge in [0.2, 0.25) is 0 Å². The average Bonchev–Trinajstić information content (AvgIpc) is 3.42. The number of rotatable bonds is 6. The van der Waals surface area contributed by atoms with Gasteiger partial charge in [0.25, 0.3) is 17.6 Å². The monoisotopic (exact) mass is 553 g/mol. The van der Waals surface area contributed by atoms with Gasteiger partial charge in [-0.25, -0.2) is 4.79 Å². The van der Waals surface area contributed by atoms with Gasteiger partial charge in [0.15, 0.2) is 0 Å². The fraction of sp³-hybridized carbons (Fsp3) is 0.172. The molecule has 5 rings (SSSR count). The molecule has 3 aromatic carbocycles. The molecule has 0 aliphatic carbocycles. The van der Waals surface area contributed by atoms with Crippen molar-refractivity contribution >= 4 is 58.5 Å². The molecular formula is C29H28BN5O6. The molecule has 2 heterocycles. The molecule has 4 amide bonds. The first-order chi connectivity index (χ1) is 19.7. The summed E-state index contributed by atoms with van der Waals surface area (Å²) in [6.07, 6.45) is 1.44. The lowest BCUT2D eigenvalue weighted by atomic mass is 9.80. The van der Waals surface area contributed by atoms with Crippen LogP contribution in [-0.2, 0) is 4.79 Å². The maximum absolute atomic E-state index is 13.3. The fourth-order valence-electron chi connectivity index (χ4n) is 4.96. The van der Waals surface area contributed by atoms with Crippen LogP contribution in [0.3, 0.4) is 0 Å². The van der Waals surface area contributed by atoms with Crippen LogP contribution in [0, 0.1) is 0 Å². The second-order valence-corrected chi connectivity index (χ2v) is 9.80. The molecule has 4 aromatic rings. The van der Waals surface area contributed by atoms with Crippen molar-refractivity contribution in [3.8, 4) is 0 Å². The minimum absolute atomic E-state index is 0.115. The van der Waals surface area contributed by atoms with E-state index in [2.05, 4.69) is 15.6 Å². The Bertz CT molecular complexity index is 1620. The molecule has 1 unspecified atom stereocenters. The number of ketones is 1. The number of urea groups is 1. The number of carbonyl (C=O) groups is 4. The number of aromatic amines is 1. The maximum Gasteiger partial charge on any atom is 0.488 e. The van der Waals surface area contributed by atoms with E-state index in [1.165, 1.54) is 23.2 Å². The molecule has 208 valence electrons. The predicted molar refractivity (Wildman–Crippen MR) is 155 cm³/mol. The van der Waals surface area contributed by atoms with Crippen LogP contribution >= 0.6 is 0 Å². The van der Waals surface area contributed by atoms with Crippen molar-refractivity contribution in [2.24, 2.45) is 0 Å². The number of nitrogens with zero attached hydrogens (tertiary/aromatic N) is 2. The zero-order valence-corrected chi connectivity index (χ0v) is 22.2. The first-order valence-electron chi connectivity index (χ1n) is 13.1. The van der Waals surface area contributed by atoms with Gasteiger partial charge in [-0.1, -0.05) is 42.5 Å². The summed E-state index contributed by atoms with van der Waals surface area (Å²) < 4.78 is 0. The third-order valence-corrected chi connectivity index (χ3v) is 7.04. The first kappa shape index (κ1) is 27.6. The summed E-state index contributed by atoms with van der Waals surface area (Å²) in [6.45, 7) is 2.66. The van der Waals surface area contributed by atoms with Crippen LogP contribution in [0.4, 0.5) is 16.2 Å². The topological polar surface area (TPSA) is 155 Å². The molecule has 5 N–H and O–H groups in total. The van der Waals surface area contributed by atoms with Gasteiger partial charge in [-0.05, 0) is 42.7 Å². The number of benzene rings is 3. The number of H-pyrrole nitrogens is 1. The number of nitrogens with one attached hydrogen (secondary N) is 3. The zero-order valence-electron chi connectivity index (χ0n) is 22.2. The van der Waals surface area contributed by atoms with E-state index in [9.17, 15) is 29.2 Å². The lowest BCUT2D eigenvalue weighted by Gasteiger charge is -2.39. The third-order valence-electron chi connectivity index (χ3n) is 7.04. The minimum Gasteiger partial charge on any atom is -0.423 e. The van der Waals surface area contributed by atoms with Crippen LogP contribution in [0.2, 0.25) is 0 Å². The molecule has 1 aliphatic rings. The van der Waals surface area contributed by atoms with Gasteiger partial charge in [0, 0.05) is 48.5 Å². The van der Waals surface area contributed by atoms with Gasteiger partial charge >= 0.3 is 13.1 Å². The highest BCUT2D eigenvalue weighted by Crippen LogP contribution is 2.27. The molecule has 12 heteroatoms. The summed E-state index contributed by atoms with van der Waals surface area (Å²) >= 11 is 0. The molecule has 1 atom stereocenters. The summed E-state index contributed by atoms with van der Waals surface area (Å²) in [5.41, 5.74) is 2.17. The molecule has 1 aromatic heterocycles. The number of para-hydroxylation sites is 1. The van der Waals surface area contributed by atoms with Crippen LogP contribution in [0.25, 0.3) is 10.9 Å². The van der Waals surface area contributed by atoms with E-state index in [4.69, 9.17) is 0 Å². The van der Waals surface area contributed by atoms with Crippen molar-refractivity contribution in [1.82, 2.24) is 14.8 Å². The Balaban J connectivity index is 1.27. The van der Waals surface area contributed by atoms with Gasteiger partial charge in [0.05, 0.1) is 16.8 Å². The molecule has 0 radical (unpaired) electrons. The highest BCUT2D eigenvalue weighted by atomic mass is 16.4. The predicted octanol–water partition coefficient (Wildman–Crippen LogP) is 2.05. The number of carbonyl (C=O) groups excluding carboxylic acids is 4. The second kappa shape index (κ2) is 11.7. The van der Waals surface area contributed by atoms with Gasteiger partial charge in [0.1, 0.15) is 0 Å². The van der Waals surface area contributed by atoms with E-state index in [1.54, 1.807) is 59.5 Å². The number of aromatic nitrogens is 1. The highest BCUT2D eigenvalue weighted by molar-refractivity contribution is 6.58. The molecule has 1 saturated heterocycles. The van der Waals surface area contributed by atoms with Crippen molar-refractivity contribution in [3.63, 3.8) is 0 Å². The first-order valence-corrected chi connectivity index (χ1v) is 13.1. The number of hydrogen-bond acceptors (Lipinski definition) is 6. The Morgan fingerprint density at radius 1 is 0.927 bits per heavy atom. The largest absolute Gasteiger partial charge is 0.488 e. The van der Waals surface area contributed by atoms with Crippen molar-refractivity contribution in [2.75, 3.05) is 30.3 Å². The summed E-state index contributed by atoms with van der Waals surface area (Å²) in [6, 6.07) is 19.1. The number of piperazine rings is 1. The van der Waals surface area contributed by atoms with Gasteiger partial charge in [-0.2, -0.15) is 0 Å². The number of amides is 4. The number of hydrogen-bond donors (Lipinski definition) is 5. The van der Waals surface area contributed by atoms with Crippen molar-refractivity contribution in [2.45, 2.75) is 13.0 Å². The van der Waals surface area contributed by atoms with Crippen LogP contribution < -0.4 is 16.1 Å². The van der Waals surface area contributed by atoms with Crippen molar-refractivity contribution < 1.29 is 29.2 Å². The number of Topliss-reactive ketones (excluding diaryl/α,β-unsaturated/α-hetero) is 1. The smallest absolute Gasteiger partial charge is 0.423 e. The molecule has 1 fully saturated rings. The summed E-state index contributed by atoms with van der Waals surface area (Å²) in [4.78, 5) is 58.3. The van der Waals surface area contributed by atoms with E-state index in [0.29, 0.717) is 40.9 Å². The normalized spacial score (nSPS) is 15.0. The number of anilines is 2. The molecule has 0 saturated carbocycles. The molecule has 11 nitrogen and oxygen atoms in total. The second-order valence-electron chi connectivity index (χ2n) is 9.80. The van der Waals surface area contributed by atoms with Crippen molar-refractivity contribution in [3.05, 3.63) is 90.1 Å². The van der Waals surface area contributed by atoms with Crippen LogP contribution in [-0.4, -0.2) is 81.3 Å². The Labute approximate surface area is 235 Å². The molecule has 1 aliphatic heterocycles. The van der Waals surface area contributed by atoms with Gasteiger partial charge < -0.3 is 35.5 Å². The standard InChI is InChI=1S/C29H28BN5O6/c1-18-17-34(27(37)19-7-3-2-4-8-19)13-14-35(18)28(38)26(36)23-16-31-25-22(23)11-6-12-24(25)33-29(39)32-21-10-5-9-20(15-21)30(40)41/h2-12,15-16,18,31,40-41H,13-14,17H2,1H3,(H2,32,33,39). The third kappa shape index (κ3) is 5.83. The SMILES string of the molecule is CC1CN(C(=O)c2ccccc2)CCN1C(=O)C(=O)c1c[nH]c2c(NC(=O)Nc3cccc(B(O)O)c3)cccc12. The molecule has 0 spiro atoms. The van der Waals surface area contributed by atoms with E-state index in [1.807, 2.05) is 13.0 Å². The molecule has 41 heavy (non-hydrogen) atoms. The summed E-state index contributed by atoms with van der Waals surface area (Å²) in [5, 5.41) is 24.5. The lowest BCUT2D eigenvalue weighted by Crippen LogP contribution is -2.56. The summed E-state index contributed by atoms with van der Waals surface area (Å²) in [7, 11) is -1.67. The zero-order chi connectivity index (χ0) is 29.1. The van der Waals surface area contributed by atoms with E-state index >= 15 is 0 Å². The highest BCUT2D eigenvalue weighted by Gasteiger charge is 2.34. The van der Waals surface area contributed by atoms with E-state index in [0.717, 1.165) is 0 Å². The Kier molecular flexibility index (Phi) is 7.86. The summed E-state index contributed by atoms with van der Waals surface area (Å²) in [5.74, 6) is -1.46. The Hall–Kier alpha value is -4.94. The van der Waals surface area contributed by atoms with Gasteiger partial charge in [-0.3, -0.25) is 14.4 Å². The van der Waals surface area contributed by atoms with E-state index < -0.39 is 24.8 Å². The van der Waals surface area contributed by atoms with E-state index in [-0.39, 0.29) is 29.5 Å². The maximum atomic E-state index is 13.3. The van der Waals surface area contributed by atoms with Crippen LogP contribution in [0.15, 0.2) is 79.0 Å². The Morgan fingerprint density at radius 2 is 1.68 bits per heavy atom. The van der Waals surface area contributed by atoms with Gasteiger partial charge in [-0.15, -0.1) is 0 Å². The fourth-order valence-corrected chi connectivity index (χ4v) is 4.96. The van der Waals surface area contributed by atoms with Crippen LogP contribution in [0.1, 0.15) is 27.6 Å². The van der Waals surface area contributed by atoms with Crippen LogP contribution in [0.5, 0.6) is 0 Å². The quantitative estimate of drug-likeness (QED) is 0.140. The number of fused-ring (bicyclic) bond motifs is 1.